The SMILES string of the molecule is Cc1ccc(Nc2cc(C(=O)NCCCN3C[C@H](C)C[C@H](C)C3)c3ccccc3n2)c(C)c1. The molecule has 2 atom stereocenters. The van der Waals surface area contributed by atoms with Crippen LogP contribution in [0.25, 0.3) is 10.9 Å². The van der Waals surface area contributed by atoms with Gasteiger partial charge in [0.25, 0.3) is 5.91 Å². The molecular formula is C28H36N4O. The molecule has 0 aliphatic carbocycles. The van der Waals surface area contributed by atoms with E-state index in [1.807, 2.05) is 30.3 Å². The molecule has 1 aromatic heterocycles. The molecule has 1 saturated heterocycles. The highest BCUT2D eigenvalue weighted by atomic mass is 16.1. The van der Waals surface area contributed by atoms with Crippen LogP contribution in [0.4, 0.5) is 11.5 Å². The summed E-state index contributed by atoms with van der Waals surface area (Å²) < 4.78 is 0. The zero-order valence-corrected chi connectivity index (χ0v) is 20.3. The largest absolute Gasteiger partial charge is 0.352 e. The molecule has 1 aliphatic rings. The van der Waals surface area contributed by atoms with Gasteiger partial charge in [-0.2, -0.15) is 0 Å². The normalized spacial score (nSPS) is 18.9. The van der Waals surface area contributed by atoms with Crippen molar-refractivity contribution in [2.75, 3.05) is 31.5 Å². The minimum Gasteiger partial charge on any atom is -0.352 e. The maximum atomic E-state index is 13.1. The number of hydrogen-bond donors (Lipinski definition) is 2. The van der Waals surface area contributed by atoms with Crippen LogP contribution in [-0.2, 0) is 0 Å². The Hall–Kier alpha value is -2.92. The van der Waals surface area contributed by atoms with Crippen LogP contribution in [0.1, 0.15) is 48.2 Å². The number of carbonyl (C=O) groups is 1. The molecule has 2 N–H and O–H groups in total. The Bertz CT molecular complexity index is 1120. The number of aromatic nitrogens is 1. The predicted molar refractivity (Wildman–Crippen MR) is 137 cm³/mol. The second-order valence-corrected chi connectivity index (χ2v) is 9.83. The van der Waals surface area contributed by atoms with Crippen molar-refractivity contribution in [3.63, 3.8) is 0 Å². The fourth-order valence-electron chi connectivity index (χ4n) is 5.09. The lowest BCUT2D eigenvalue weighted by Gasteiger charge is -2.34. The Morgan fingerprint density at radius 1 is 1.06 bits per heavy atom. The third-order valence-corrected chi connectivity index (χ3v) is 6.49. The monoisotopic (exact) mass is 444 g/mol. The van der Waals surface area contributed by atoms with Crippen molar-refractivity contribution in [3.05, 3.63) is 65.2 Å². The van der Waals surface area contributed by atoms with E-state index in [4.69, 9.17) is 4.98 Å². The number of piperidine rings is 1. The molecule has 0 bridgehead atoms. The Labute approximate surface area is 197 Å². The maximum absolute atomic E-state index is 13.1. The van der Waals surface area contributed by atoms with E-state index in [-0.39, 0.29) is 5.91 Å². The number of amides is 1. The van der Waals surface area contributed by atoms with Gasteiger partial charge >= 0.3 is 0 Å². The first kappa shape index (κ1) is 23.2. The summed E-state index contributed by atoms with van der Waals surface area (Å²) in [5.74, 6) is 2.16. The first-order chi connectivity index (χ1) is 15.9. The fraction of sp³-hybridized carbons (Fsp3) is 0.429. The Kier molecular flexibility index (Phi) is 7.29. The van der Waals surface area contributed by atoms with E-state index in [1.54, 1.807) is 0 Å². The van der Waals surface area contributed by atoms with Crippen molar-refractivity contribution in [1.82, 2.24) is 15.2 Å². The molecule has 2 heterocycles. The first-order valence-electron chi connectivity index (χ1n) is 12.1. The van der Waals surface area contributed by atoms with Gasteiger partial charge in [0.1, 0.15) is 5.82 Å². The number of rotatable bonds is 7. The number of fused-ring (bicyclic) bond motifs is 1. The molecule has 0 radical (unpaired) electrons. The van der Waals surface area contributed by atoms with E-state index in [0.717, 1.165) is 47.0 Å². The lowest BCUT2D eigenvalue weighted by molar-refractivity contribution is 0.0949. The number of carbonyl (C=O) groups excluding carboxylic acids is 1. The number of likely N-dealkylation sites (tertiary alicyclic amines) is 1. The minimum atomic E-state index is -0.0438. The smallest absolute Gasteiger partial charge is 0.252 e. The number of aryl methyl sites for hydroxylation is 2. The van der Waals surface area contributed by atoms with Crippen LogP contribution in [0.15, 0.2) is 48.5 Å². The molecule has 0 spiro atoms. The zero-order valence-electron chi connectivity index (χ0n) is 20.3. The van der Waals surface area contributed by atoms with E-state index < -0.39 is 0 Å². The molecule has 5 heteroatoms. The van der Waals surface area contributed by atoms with Crippen LogP contribution in [-0.4, -0.2) is 42.0 Å². The van der Waals surface area contributed by atoms with Gasteiger partial charge in [0.2, 0.25) is 0 Å². The third-order valence-electron chi connectivity index (χ3n) is 6.49. The second-order valence-electron chi connectivity index (χ2n) is 9.83. The molecular weight excluding hydrogens is 408 g/mol. The third kappa shape index (κ3) is 5.91. The van der Waals surface area contributed by atoms with E-state index in [1.165, 1.54) is 25.1 Å². The van der Waals surface area contributed by atoms with E-state index in [2.05, 4.69) is 61.4 Å². The average molecular weight is 445 g/mol. The van der Waals surface area contributed by atoms with Crippen LogP contribution >= 0.6 is 0 Å². The van der Waals surface area contributed by atoms with Gasteiger partial charge < -0.3 is 15.5 Å². The van der Waals surface area contributed by atoms with Crippen LogP contribution in [0.3, 0.4) is 0 Å². The van der Waals surface area contributed by atoms with E-state index in [9.17, 15) is 4.79 Å². The van der Waals surface area contributed by atoms with Crippen molar-refractivity contribution in [1.29, 1.82) is 0 Å². The molecule has 33 heavy (non-hydrogen) atoms. The van der Waals surface area contributed by atoms with Crippen LogP contribution in [0.5, 0.6) is 0 Å². The predicted octanol–water partition coefficient (Wildman–Crippen LogP) is 5.69. The number of pyridine rings is 1. The van der Waals surface area contributed by atoms with E-state index in [0.29, 0.717) is 17.9 Å². The summed E-state index contributed by atoms with van der Waals surface area (Å²) >= 11 is 0. The fourth-order valence-corrected chi connectivity index (χ4v) is 5.09. The summed E-state index contributed by atoms with van der Waals surface area (Å²) in [4.78, 5) is 20.4. The first-order valence-corrected chi connectivity index (χ1v) is 12.1. The van der Waals surface area contributed by atoms with Gasteiger partial charge in [-0.05, 0) is 68.8 Å². The van der Waals surface area contributed by atoms with Crippen molar-refractivity contribution >= 4 is 28.3 Å². The zero-order chi connectivity index (χ0) is 23.4. The second kappa shape index (κ2) is 10.3. The van der Waals surface area contributed by atoms with Crippen LogP contribution < -0.4 is 10.6 Å². The van der Waals surface area contributed by atoms with Crippen LogP contribution in [0, 0.1) is 25.7 Å². The van der Waals surface area contributed by atoms with Crippen molar-refractivity contribution < 1.29 is 4.79 Å². The highest BCUT2D eigenvalue weighted by Gasteiger charge is 2.21. The minimum absolute atomic E-state index is 0.0438. The van der Waals surface area contributed by atoms with Gasteiger partial charge in [-0.25, -0.2) is 4.98 Å². The quantitative estimate of drug-likeness (QED) is 0.460. The summed E-state index contributed by atoms with van der Waals surface area (Å²) in [5, 5.41) is 7.42. The molecule has 1 aliphatic heterocycles. The number of hydrogen-bond acceptors (Lipinski definition) is 4. The molecule has 4 rings (SSSR count). The summed E-state index contributed by atoms with van der Waals surface area (Å²) in [6.45, 7) is 12.9. The number of para-hydroxylation sites is 1. The lowest BCUT2D eigenvalue weighted by atomic mass is 9.92. The maximum Gasteiger partial charge on any atom is 0.252 e. The number of anilines is 2. The molecule has 3 aromatic rings. The van der Waals surface area contributed by atoms with E-state index >= 15 is 0 Å². The van der Waals surface area contributed by atoms with Crippen molar-refractivity contribution in [2.45, 2.75) is 40.5 Å². The number of nitrogens with zero attached hydrogens (tertiary/aromatic N) is 2. The number of benzene rings is 2. The van der Waals surface area contributed by atoms with Gasteiger partial charge in [0, 0.05) is 30.7 Å². The lowest BCUT2D eigenvalue weighted by Crippen LogP contribution is -2.40. The summed E-state index contributed by atoms with van der Waals surface area (Å²) in [5.41, 5.74) is 4.84. The topological polar surface area (TPSA) is 57.3 Å². The summed E-state index contributed by atoms with van der Waals surface area (Å²) in [7, 11) is 0. The molecule has 174 valence electrons. The molecule has 5 nitrogen and oxygen atoms in total. The average Bonchev–Trinajstić information content (AvgIpc) is 2.77. The molecule has 2 aromatic carbocycles. The molecule has 0 saturated carbocycles. The highest BCUT2D eigenvalue weighted by Crippen LogP contribution is 2.25. The number of nitrogens with one attached hydrogen (secondary N) is 2. The Balaban J connectivity index is 1.45. The van der Waals surface area contributed by atoms with Gasteiger partial charge in [-0.1, -0.05) is 49.7 Å². The summed E-state index contributed by atoms with van der Waals surface area (Å²) in [6, 6.07) is 16.0. The Morgan fingerprint density at radius 2 is 1.82 bits per heavy atom. The van der Waals surface area contributed by atoms with Gasteiger partial charge in [-0.3, -0.25) is 4.79 Å². The Morgan fingerprint density at radius 3 is 2.58 bits per heavy atom. The summed E-state index contributed by atoms with van der Waals surface area (Å²) in [6.07, 6.45) is 2.28. The van der Waals surface area contributed by atoms with Gasteiger partial charge in [-0.15, -0.1) is 0 Å². The van der Waals surface area contributed by atoms with Crippen LogP contribution in [0.2, 0.25) is 0 Å². The standard InChI is InChI=1S/C28H36N4O/c1-19-10-11-25(22(4)15-19)30-27-16-24(23-8-5-6-9-26(23)31-27)28(33)29-12-7-13-32-17-20(2)14-21(3)18-32/h5-6,8-11,15-16,20-21H,7,12-14,17-18H2,1-4H3,(H,29,33)(H,30,31)/t20-,21+. The highest BCUT2D eigenvalue weighted by molar-refractivity contribution is 6.07. The van der Waals surface area contributed by atoms with Crippen molar-refractivity contribution in [2.24, 2.45) is 11.8 Å². The molecule has 0 unspecified atom stereocenters. The van der Waals surface area contributed by atoms with Gasteiger partial charge in [0.15, 0.2) is 0 Å². The van der Waals surface area contributed by atoms with Crippen molar-refractivity contribution in [3.8, 4) is 0 Å². The van der Waals surface area contributed by atoms with Gasteiger partial charge in [0.05, 0.1) is 11.1 Å². The molecule has 1 amide bonds. The molecule has 1 fully saturated rings.